The Kier molecular flexibility index (Phi) is 4.92. The van der Waals surface area contributed by atoms with Crippen molar-refractivity contribution in [3.8, 4) is 5.75 Å². The van der Waals surface area contributed by atoms with Gasteiger partial charge in [0, 0.05) is 22.6 Å². The number of halogens is 2. The number of hydrogen-bond donors (Lipinski definition) is 1. The van der Waals surface area contributed by atoms with Crippen LogP contribution in [0.3, 0.4) is 0 Å². The quantitative estimate of drug-likeness (QED) is 0.825. The number of benzene rings is 1. The van der Waals surface area contributed by atoms with E-state index in [-0.39, 0.29) is 17.5 Å². The zero-order chi connectivity index (χ0) is 14.0. The first-order valence-electron chi connectivity index (χ1n) is 5.87. The highest BCUT2D eigenvalue weighted by molar-refractivity contribution is 9.11. The van der Waals surface area contributed by atoms with Crippen LogP contribution in [0.15, 0.2) is 21.1 Å². The first kappa shape index (κ1) is 15.3. The zero-order valence-corrected chi connectivity index (χ0v) is 14.4. The lowest BCUT2D eigenvalue weighted by molar-refractivity contribution is 0.403. The van der Waals surface area contributed by atoms with Crippen LogP contribution in [-0.2, 0) is 16.4 Å². The summed E-state index contributed by atoms with van der Waals surface area (Å²) in [6.07, 6.45) is 0.680. The lowest BCUT2D eigenvalue weighted by Gasteiger charge is -2.15. The van der Waals surface area contributed by atoms with Crippen molar-refractivity contribution in [3.05, 3.63) is 26.6 Å². The van der Waals surface area contributed by atoms with Crippen molar-refractivity contribution in [2.24, 2.45) is 0 Å². The molecule has 0 radical (unpaired) electrons. The summed E-state index contributed by atoms with van der Waals surface area (Å²) in [5.74, 6) is 1.28. The van der Waals surface area contributed by atoms with Crippen LogP contribution in [0.2, 0.25) is 0 Å². The zero-order valence-electron chi connectivity index (χ0n) is 10.4. The second-order valence-corrected chi connectivity index (χ2v) is 8.56. The summed E-state index contributed by atoms with van der Waals surface area (Å²) < 4.78 is 30.0. The highest BCUT2D eigenvalue weighted by Gasteiger charge is 2.27. The Morgan fingerprint density at radius 1 is 1.42 bits per heavy atom. The van der Waals surface area contributed by atoms with Crippen molar-refractivity contribution < 1.29 is 13.2 Å². The molecule has 1 saturated heterocycles. The molecule has 0 aromatic heterocycles. The average molecular weight is 413 g/mol. The van der Waals surface area contributed by atoms with E-state index in [0.29, 0.717) is 13.0 Å². The molecule has 1 aliphatic heterocycles. The highest BCUT2D eigenvalue weighted by Crippen LogP contribution is 2.32. The normalized spacial score (nSPS) is 21.5. The van der Waals surface area contributed by atoms with Gasteiger partial charge >= 0.3 is 0 Å². The van der Waals surface area contributed by atoms with Gasteiger partial charge in [-0.25, -0.2) is 8.42 Å². The summed E-state index contributed by atoms with van der Waals surface area (Å²) in [6.45, 7) is 0.585. The number of sulfone groups is 1. The van der Waals surface area contributed by atoms with Gasteiger partial charge in [0.2, 0.25) is 0 Å². The van der Waals surface area contributed by atoms with E-state index in [4.69, 9.17) is 4.74 Å². The Morgan fingerprint density at radius 3 is 2.74 bits per heavy atom. The van der Waals surface area contributed by atoms with Crippen molar-refractivity contribution in [1.29, 1.82) is 0 Å². The fourth-order valence-electron chi connectivity index (χ4n) is 2.18. The molecule has 1 unspecified atom stereocenters. The van der Waals surface area contributed by atoms with Gasteiger partial charge in [0.15, 0.2) is 9.84 Å². The Bertz CT molecular complexity index is 575. The van der Waals surface area contributed by atoms with E-state index in [1.807, 2.05) is 12.1 Å². The summed E-state index contributed by atoms with van der Waals surface area (Å²) in [7, 11) is -1.22. The molecule has 0 aliphatic carbocycles. The largest absolute Gasteiger partial charge is 0.495 e. The van der Waals surface area contributed by atoms with E-state index in [1.54, 1.807) is 7.11 Å². The molecule has 1 aromatic rings. The van der Waals surface area contributed by atoms with E-state index in [9.17, 15) is 8.42 Å². The second kappa shape index (κ2) is 6.11. The van der Waals surface area contributed by atoms with Crippen LogP contribution in [0, 0.1) is 0 Å². The molecule has 1 aromatic carbocycles. The second-order valence-electron chi connectivity index (χ2n) is 4.56. The van der Waals surface area contributed by atoms with Gasteiger partial charge in [-0.1, -0.05) is 15.9 Å². The Balaban J connectivity index is 2.07. The third-order valence-electron chi connectivity index (χ3n) is 3.10. The van der Waals surface area contributed by atoms with Gasteiger partial charge in [-0.2, -0.15) is 0 Å². The molecular weight excluding hydrogens is 398 g/mol. The lowest BCUT2D eigenvalue weighted by Crippen LogP contribution is -2.29. The molecule has 1 aliphatic rings. The van der Waals surface area contributed by atoms with Gasteiger partial charge < -0.3 is 10.1 Å². The van der Waals surface area contributed by atoms with Gasteiger partial charge in [0.1, 0.15) is 5.75 Å². The predicted octanol–water partition coefficient (Wildman–Crippen LogP) is 2.50. The molecule has 1 atom stereocenters. The summed E-state index contributed by atoms with van der Waals surface area (Å²) >= 11 is 6.89. The number of methoxy groups -OCH3 is 1. The molecule has 4 nitrogen and oxygen atoms in total. The molecule has 19 heavy (non-hydrogen) atoms. The van der Waals surface area contributed by atoms with Crippen molar-refractivity contribution >= 4 is 41.7 Å². The summed E-state index contributed by atoms with van der Waals surface area (Å²) in [5, 5.41) is 3.28. The van der Waals surface area contributed by atoms with Gasteiger partial charge in [0.25, 0.3) is 0 Å². The topological polar surface area (TPSA) is 55.4 Å². The maximum absolute atomic E-state index is 11.4. The van der Waals surface area contributed by atoms with Crippen molar-refractivity contribution in [3.63, 3.8) is 0 Å². The fourth-order valence-corrected chi connectivity index (χ4v) is 5.37. The van der Waals surface area contributed by atoms with Gasteiger partial charge in [-0.05, 0) is 34.5 Å². The van der Waals surface area contributed by atoms with Crippen LogP contribution >= 0.6 is 31.9 Å². The SMILES string of the molecule is COc1c(Br)cc(Br)cc1CNC1CCS(=O)(=O)C1. The third-order valence-corrected chi connectivity index (χ3v) is 5.92. The lowest BCUT2D eigenvalue weighted by atomic mass is 10.2. The van der Waals surface area contributed by atoms with Gasteiger partial charge in [-0.3, -0.25) is 0 Å². The van der Waals surface area contributed by atoms with E-state index < -0.39 is 9.84 Å². The molecule has 0 bridgehead atoms. The van der Waals surface area contributed by atoms with Gasteiger partial charge in [-0.15, -0.1) is 0 Å². The van der Waals surface area contributed by atoms with Gasteiger partial charge in [0.05, 0.1) is 23.1 Å². The van der Waals surface area contributed by atoms with Crippen molar-refractivity contribution in [2.75, 3.05) is 18.6 Å². The van der Waals surface area contributed by atoms with Crippen molar-refractivity contribution in [1.82, 2.24) is 5.32 Å². The maximum Gasteiger partial charge on any atom is 0.151 e. The van der Waals surface area contributed by atoms with E-state index in [0.717, 1.165) is 20.3 Å². The van der Waals surface area contributed by atoms with E-state index in [2.05, 4.69) is 37.2 Å². The number of rotatable bonds is 4. The molecule has 1 N–H and O–H groups in total. The molecular formula is C12H15Br2NO3S. The molecule has 0 saturated carbocycles. The highest BCUT2D eigenvalue weighted by atomic mass is 79.9. The predicted molar refractivity (Wildman–Crippen MR) is 82.3 cm³/mol. The number of hydrogen-bond acceptors (Lipinski definition) is 4. The van der Waals surface area contributed by atoms with Crippen LogP contribution in [0.25, 0.3) is 0 Å². The van der Waals surface area contributed by atoms with Crippen molar-refractivity contribution in [2.45, 2.75) is 19.0 Å². The number of nitrogens with one attached hydrogen (secondary N) is 1. The first-order chi connectivity index (χ1) is 8.91. The van der Waals surface area contributed by atoms with Crippen LogP contribution < -0.4 is 10.1 Å². The fraction of sp³-hybridized carbons (Fsp3) is 0.500. The van der Waals surface area contributed by atoms with E-state index in [1.165, 1.54) is 0 Å². The summed E-state index contributed by atoms with van der Waals surface area (Å²) in [6, 6.07) is 3.93. The average Bonchev–Trinajstić information content (AvgIpc) is 2.66. The van der Waals surface area contributed by atoms with Crippen LogP contribution in [0.1, 0.15) is 12.0 Å². The molecule has 1 fully saturated rings. The summed E-state index contributed by atoms with van der Waals surface area (Å²) in [5.41, 5.74) is 0.994. The Labute approximate surface area is 130 Å². The smallest absolute Gasteiger partial charge is 0.151 e. The third kappa shape index (κ3) is 3.93. The van der Waals surface area contributed by atoms with Crippen LogP contribution in [0.4, 0.5) is 0 Å². The molecule has 0 spiro atoms. The first-order valence-corrected chi connectivity index (χ1v) is 9.28. The minimum absolute atomic E-state index is 0.0347. The molecule has 7 heteroatoms. The minimum atomic E-state index is -2.84. The Morgan fingerprint density at radius 2 is 2.16 bits per heavy atom. The van der Waals surface area contributed by atoms with E-state index >= 15 is 0 Å². The van der Waals surface area contributed by atoms with Crippen LogP contribution in [-0.4, -0.2) is 33.1 Å². The molecule has 1 heterocycles. The monoisotopic (exact) mass is 411 g/mol. The molecule has 0 amide bonds. The molecule has 106 valence electrons. The Hall–Kier alpha value is -0.110. The maximum atomic E-state index is 11.4. The molecule has 2 rings (SSSR count). The minimum Gasteiger partial charge on any atom is -0.495 e. The number of ether oxygens (including phenoxy) is 1. The summed E-state index contributed by atoms with van der Waals surface area (Å²) in [4.78, 5) is 0. The standard InChI is InChI=1S/C12H15Br2NO3S/c1-18-12-8(4-9(13)5-11(12)14)6-15-10-2-3-19(16,17)7-10/h4-5,10,15H,2-3,6-7H2,1H3. The van der Waals surface area contributed by atoms with Crippen LogP contribution in [0.5, 0.6) is 5.75 Å².